The summed E-state index contributed by atoms with van der Waals surface area (Å²) < 4.78 is 16.4. The van der Waals surface area contributed by atoms with Crippen LogP contribution in [0.25, 0.3) is 0 Å². The Balaban J connectivity index is 1.93. The zero-order valence-electron chi connectivity index (χ0n) is 13.1. The van der Waals surface area contributed by atoms with Crippen LogP contribution in [-0.4, -0.2) is 26.1 Å². The number of carbonyl (C=O) groups excluding carboxylic acids is 1. The van der Waals surface area contributed by atoms with Gasteiger partial charge >= 0.3 is 0 Å². The monoisotopic (exact) mass is 300 g/mol. The van der Waals surface area contributed by atoms with Gasteiger partial charge in [0.25, 0.3) is 0 Å². The molecule has 2 aromatic rings. The largest absolute Gasteiger partial charge is 0.497 e. The number of benzene rings is 2. The van der Waals surface area contributed by atoms with E-state index < -0.39 is 0 Å². The Morgan fingerprint density at radius 2 is 1.59 bits per heavy atom. The molecule has 0 radical (unpaired) electrons. The minimum atomic E-state index is -0.0443. The van der Waals surface area contributed by atoms with Gasteiger partial charge in [-0.2, -0.15) is 0 Å². The van der Waals surface area contributed by atoms with Crippen LogP contribution in [0.5, 0.6) is 17.2 Å². The summed E-state index contributed by atoms with van der Waals surface area (Å²) in [5.41, 5.74) is 1.72. The Bertz CT molecular complexity index is 632. The maximum absolute atomic E-state index is 11.6. The maximum Gasteiger partial charge on any atom is 0.163 e. The van der Waals surface area contributed by atoms with Crippen LogP contribution in [0.1, 0.15) is 22.8 Å². The first-order valence-corrected chi connectivity index (χ1v) is 7.11. The molecular formula is C18H20O4. The third kappa shape index (κ3) is 4.25. The highest BCUT2D eigenvalue weighted by Crippen LogP contribution is 2.25. The first kappa shape index (κ1) is 15.9. The van der Waals surface area contributed by atoms with Gasteiger partial charge in [0.2, 0.25) is 0 Å². The summed E-state index contributed by atoms with van der Waals surface area (Å²) in [6, 6.07) is 13.0. The second-order valence-electron chi connectivity index (χ2n) is 4.93. The van der Waals surface area contributed by atoms with Crippen LogP contribution in [0.2, 0.25) is 0 Å². The molecule has 0 unspecified atom stereocenters. The number of ether oxygens (including phenoxy) is 3. The Morgan fingerprint density at radius 1 is 0.955 bits per heavy atom. The molecule has 0 aliphatic rings. The van der Waals surface area contributed by atoms with Gasteiger partial charge in [0.15, 0.2) is 5.78 Å². The molecule has 0 atom stereocenters. The van der Waals surface area contributed by atoms with Crippen molar-refractivity contribution in [1.29, 1.82) is 0 Å². The molecule has 0 bridgehead atoms. The predicted octanol–water partition coefficient (Wildman–Crippen LogP) is 3.66. The maximum atomic E-state index is 11.6. The second kappa shape index (κ2) is 7.50. The average molecular weight is 300 g/mol. The number of rotatable bonds is 7. The fourth-order valence-corrected chi connectivity index (χ4v) is 1.99. The summed E-state index contributed by atoms with van der Waals surface area (Å²) in [6.45, 7) is 4.29. The molecule has 0 spiro atoms. The van der Waals surface area contributed by atoms with Gasteiger partial charge in [-0.05, 0) is 38.1 Å². The molecule has 0 saturated heterocycles. The van der Waals surface area contributed by atoms with Crippen LogP contribution in [-0.2, 0) is 0 Å². The van der Waals surface area contributed by atoms with Crippen molar-refractivity contribution in [1.82, 2.24) is 0 Å². The fraction of sp³-hybridized carbons (Fsp3) is 0.278. The first-order chi connectivity index (χ1) is 10.6. The number of Topliss-reactive ketones (excluding diaryl/α,β-unsaturated/α-hetero) is 1. The summed E-state index contributed by atoms with van der Waals surface area (Å²) in [5, 5.41) is 0. The van der Waals surface area contributed by atoms with Crippen molar-refractivity contribution in [3.8, 4) is 17.2 Å². The quantitative estimate of drug-likeness (QED) is 0.578. The fourth-order valence-electron chi connectivity index (χ4n) is 1.99. The van der Waals surface area contributed by atoms with E-state index >= 15 is 0 Å². The molecule has 0 aliphatic heterocycles. The predicted molar refractivity (Wildman–Crippen MR) is 85.2 cm³/mol. The minimum absolute atomic E-state index is 0.0443. The molecule has 4 heteroatoms. The van der Waals surface area contributed by atoms with Gasteiger partial charge in [0.05, 0.1) is 12.7 Å². The van der Waals surface area contributed by atoms with Crippen molar-refractivity contribution in [3.05, 3.63) is 53.6 Å². The summed E-state index contributed by atoms with van der Waals surface area (Å²) in [5.74, 6) is 1.92. The molecule has 0 fully saturated rings. The van der Waals surface area contributed by atoms with E-state index in [1.54, 1.807) is 25.3 Å². The molecule has 0 aromatic heterocycles. The lowest BCUT2D eigenvalue weighted by Crippen LogP contribution is -2.11. The zero-order chi connectivity index (χ0) is 15.9. The Labute approximate surface area is 130 Å². The average Bonchev–Trinajstić information content (AvgIpc) is 2.52. The molecule has 22 heavy (non-hydrogen) atoms. The van der Waals surface area contributed by atoms with Crippen LogP contribution in [0.4, 0.5) is 0 Å². The molecule has 116 valence electrons. The van der Waals surface area contributed by atoms with E-state index in [0.29, 0.717) is 30.3 Å². The van der Waals surface area contributed by atoms with Gasteiger partial charge in [-0.25, -0.2) is 0 Å². The molecule has 2 aromatic carbocycles. The first-order valence-electron chi connectivity index (χ1n) is 7.11. The highest BCUT2D eigenvalue weighted by molar-refractivity contribution is 5.97. The van der Waals surface area contributed by atoms with Crippen LogP contribution in [0.3, 0.4) is 0 Å². The van der Waals surface area contributed by atoms with Gasteiger partial charge < -0.3 is 14.2 Å². The second-order valence-corrected chi connectivity index (χ2v) is 4.93. The molecule has 0 aliphatic carbocycles. The van der Waals surface area contributed by atoms with Gasteiger partial charge in [-0.1, -0.05) is 17.7 Å². The third-order valence-corrected chi connectivity index (χ3v) is 3.20. The number of hydrogen-bond donors (Lipinski definition) is 0. The van der Waals surface area contributed by atoms with Crippen molar-refractivity contribution in [2.75, 3.05) is 20.3 Å². The molecule has 0 N–H and O–H groups in total. The van der Waals surface area contributed by atoms with Gasteiger partial charge in [0, 0.05) is 6.07 Å². The Hall–Kier alpha value is -2.49. The number of hydrogen-bond acceptors (Lipinski definition) is 4. The third-order valence-electron chi connectivity index (χ3n) is 3.20. The van der Waals surface area contributed by atoms with Crippen molar-refractivity contribution in [2.24, 2.45) is 0 Å². The summed E-state index contributed by atoms with van der Waals surface area (Å²) >= 11 is 0. The van der Waals surface area contributed by atoms with Crippen LogP contribution in [0.15, 0.2) is 42.5 Å². The highest BCUT2D eigenvalue weighted by atomic mass is 16.5. The highest BCUT2D eigenvalue weighted by Gasteiger charge is 2.10. The SMILES string of the molecule is COc1ccc(C(C)=O)c(OCCOc2ccc(C)cc2)c1. The lowest BCUT2D eigenvalue weighted by atomic mass is 10.1. The minimum Gasteiger partial charge on any atom is -0.497 e. The van der Waals surface area contributed by atoms with E-state index in [-0.39, 0.29) is 5.78 Å². The van der Waals surface area contributed by atoms with E-state index in [0.717, 1.165) is 5.75 Å². The lowest BCUT2D eigenvalue weighted by Gasteiger charge is -2.12. The smallest absolute Gasteiger partial charge is 0.163 e. The summed E-state index contributed by atoms with van der Waals surface area (Å²) in [7, 11) is 1.58. The summed E-state index contributed by atoms with van der Waals surface area (Å²) in [6.07, 6.45) is 0. The number of aryl methyl sites for hydroxylation is 1. The molecule has 0 saturated carbocycles. The normalized spacial score (nSPS) is 10.1. The molecule has 0 heterocycles. The van der Waals surface area contributed by atoms with Gasteiger partial charge in [-0.3, -0.25) is 4.79 Å². The Morgan fingerprint density at radius 3 is 2.23 bits per heavy atom. The van der Waals surface area contributed by atoms with E-state index in [2.05, 4.69) is 0 Å². The molecule has 0 amide bonds. The molecule has 2 rings (SSSR count). The van der Waals surface area contributed by atoms with E-state index in [1.165, 1.54) is 12.5 Å². The summed E-state index contributed by atoms with van der Waals surface area (Å²) in [4.78, 5) is 11.6. The zero-order valence-corrected chi connectivity index (χ0v) is 13.1. The molecule has 4 nitrogen and oxygen atoms in total. The van der Waals surface area contributed by atoms with Crippen molar-refractivity contribution >= 4 is 5.78 Å². The van der Waals surface area contributed by atoms with Crippen molar-refractivity contribution < 1.29 is 19.0 Å². The van der Waals surface area contributed by atoms with Crippen LogP contribution in [0, 0.1) is 6.92 Å². The lowest BCUT2D eigenvalue weighted by molar-refractivity contribution is 0.101. The van der Waals surface area contributed by atoms with Crippen LogP contribution >= 0.6 is 0 Å². The number of carbonyl (C=O) groups is 1. The standard InChI is InChI=1S/C18H20O4/c1-13-4-6-15(7-5-13)21-10-11-22-18-12-16(20-3)8-9-17(18)14(2)19/h4-9,12H,10-11H2,1-3H3. The van der Waals surface area contributed by atoms with Crippen LogP contribution < -0.4 is 14.2 Å². The van der Waals surface area contributed by atoms with E-state index in [4.69, 9.17) is 14.2 Å². The van der Waals surface area contributed by atoms with E-state index in [9.17, 15) is 4.79 Å². The van der Waals surface area contributed by atoms with Gasteiger partial charge in [-0.15, -0.1) is 0 Å². The van der Waals surface area contributed by atoms with E-state index in [1.807, 2.05) is 31.2 Å². The van der Waals surface area contributed by atoms with Gasteiger partial charge in [0.1, 0.15) is 30.5 Å². The Kier molecular flexibility index (Phi) is 5.42. The number of methoxy groups -OCH3 is 1. The topological polar surface area (TPSA) is 44.8 Å². The van der Waals surface area contributed by atoms with Crippen molar-refractivity contribution in [3.63, 3.8) is 0 Å². The molecular weight excluding hydrogens is 280 g/mol. The number of ketones is 1. The van der Waals surface area contributed by atoms with Crippen molar-refractivity contribution in [2.45, 2.75) is 13.8 Å².